The zero-order valence-electron chi connectivity index (χ0n) is 10.3. The summed E-state index contributed by atoms with van der Waals surface area (Å²) in [5, 5.41) is -5.05. The second-order valence-corrected chi connectivity index (χ2v) is 5.07. The van der Waals surface area contributed by atoms with E-state index < -0.39 is 46.4 Å². The first kappa shape index (κ1) is 17.7. The van der Waals surface area contributed by atoms with Crippen LogP contribution in [0.1, 0.15) is 20.3 Å². The molecule has 0 amide bonds. The van der Waals surface area contributed by atoms with Crippen LogP contribution in [0.25, 0.3) is 0 Å². The molecule has 0 saturated heterocycles. The molecule has 0 aliphatic heterocycles. The van der Waals surface area contributed by atoms with Gasteiger partial charge in [0.2, 0.25) is 0 Å². The molecule has 1 atom stereocenters. The van der Waals surface area contributed by atoms with E-state index in [9.17, 15) is 26.8 Å². The molecule has 0 rings (SSSR count). The van der Waals surface area contributed by atoms with Gasteiger partial charge in [-0.25, -0.2) is 4.79 Å². The van der Waals surface area contributed by atoms with Gasteiger partial charge in [-0.15, -0.1) is 0 Å². The fraction of sp³-hybridized carbons (Fsp3) is 0.778. The van der Waals surface area contributed by atoms with Gasteiger partial charge >= 0.3 is 27.3 Å². The second-order valence-electron chi connectivity index (χ2n) is 3.60. The highest BCUT2D eigenvalue weighted by Gasteiger charge is 2.54. The van der Waals surface area contributed by atoms with Gasteiger partial charge in [-0.1, -0.05) is 13.8 Å². The van der Waals surface area contributed by atoms with E-state index in [-0.39, 0.29) is 0 Å². The molecule has 19 heavy (non-hydrogen) atoms. The summed E-state index contributed by atoms with van der Waals surface area (Å²) in [6.45, 7) is 2.09. The van der Waals surface area contributed by atoms with Gasteiger partial charge < -0.3 is 9.47 Å². The van der Waals surface area contributed by atoms with Crippen LogP contribution in [0.4, 0.5) is 8.78 Å². The minimum absolute atomic E-state index is 0.394. The second kappa shape index (κ2) is 6.75. The highest BCUT2D eigenvalue weighted by Crippen LogP contribution is 2.21. The number of alkyl halides is 2. The first-order valence-electron chi connectivity index (χ1n) is 5.22. The van der Waals surface area contributed by atoms with E-state index in [1.165, 1.54) is 0 Å². The van der Waals surface area contributed by atoms with Crippen molar-refractivity contribution >= 4 is 22.1 Å². The van der Waals surface area contributed by atoms with Crippen LogP contribution in [-0.2, 0) is 29.2 Å². The topological polar surface area (TPSA) is 107 Å². The normalized spacial score (nSPS) is 13.7. The molecular formula is C9H14F2O7S. The number of ether oxygens (including phenoxy) is 2. The monoisotopic (exact) mass is 304 g/mol. The van der Waals surface area contributed by atoms with Crippen LogP contribution in [-0.4, -0.2) is 43.4 Å². The van der Waals surface area contributed by atoms with Gasteiger partial charge in [-0.05, 0) is 6.42 Å². The van der Waals surface area contributed by atoms with E-state index >= 15 is 0 Å². The zero-order valence-corrected chi connectivity index (χ0v) is 11.1. The highest BCUT2D eigenvalue weighted by molar-refractivity contribution is 7.87. The molecule has 1 unspecified atom stereocenters. The Balaban J connectivity index is 4.17. The van der Waals surface area contributed by atoms with Crippen molar-refractivity contribution in [3.63, 3.8) is 0 Å². The fourth-order valence-electron chi connectivity index (χ4n) is 0.775. The minimum Gasteiger partial charge on any atom is -0.462 e. The molecule has 1 N–H and O–H groups in total. The van der Waals surface area contributed by atoms with Gasteiger partial charge in [0.15, 0.2) is 0 Å². The number of carbonyl (C=O) groups is 2. The molecule has 0 aromatic heterocycles. The molecule has 10 heteroatoms. The van der Waals surface area contributed by atoms with Gasteiger partial charge in [-0.2, -0.15) is 17.2 Å². The van der Waals surface area contributed by atoms with E-state index in [1.54, 1.807) is 13.8 Å². The van der Waals surface area contributed by atoms with E-state index in [4.69, 9.17) is 4.55 Å². The van der Waals surface area contributed by atoms with Crippen LogP contribution >= 0.6 is 0 Å². The summed E-state index contributed by atoms with van der Waals surface area (Å²) in [4.78, 5) is 21.8. The molecule has 0 heterocycles. The van der Waals surface area contributed by atoms with Gasteiger partial charge in [0, 0.05) is 0 Å². The van der Waals surface area contributed by atoms with Crippen molar-refractivity contribution in [2.24, 2.45) is 5.92 Å². The lowest BCUT2D eigenvalue weighted by Crippen LogP contribution is -2.39. The maximum absolute atomic E-state index is 12.7. The SMILES string of the molecule is CCC(C)C(=O)OCCOC(=O)C(F)(F)S(=O)(=O)O. The molecule has 0 aliphatic carbocycles. The van der Waals surface area contributed by atoms with Crippen molar-refractivity contribution in [2.45, 2.75) is 25.5 Å². The Morgan fingerprint density at radius 1 is 1.26 bits per heavy atom. The molecule has 0 aromatic carbocycles. The third-order valence-electron chi connectivity index (χ3n) is 2.14. The van der Waals surface area contributed by atoms with Crippen molar-refractivity contribution in [1.29, 1.82) is 0 Å². The number of rotatable bonds is 7. The Hall–Kier alpha value is -1.29. The Morgan fingerprint density at radius 2 is 1.74 bits per heavy atom. The Labute approximate surface area is 108 Å². The van der Waals surface area contributed by atoms with Crippen LogP contribution in [0.15, 0.2) is 0 Å². The maximum Gasteiger partial charge on any atom is 0.465 e. The first-order chi connectivity index (χ1) is 8.54. The first-order valence-corrected chi connectivity index (χ1v) is 6.66. The number of hydrogen-bond acceptors (Lipinski definition) is 6. The number of hydrogen-bond donors (Lipinski definition) is 1. The quantitative estimate of drug-likeness (QED) is 0.417. The Morgan fingerprint density at radius 3 is 2.16 bits per heavy atom. The standard InChI is InChI=1S/C9H14F2O7S/c1-3-6(2)7(12)17-4-5-18-8(13)9(10,11)19(14,15)16/h6H,3-5H2,1-2H3,(H,14,15,16). The van der Waals surface area contributed by atoms with Gasteiger partial charge in [0.05, 0.1) is 5.92 Å². The molecule has 0 radical (unpaired) electrons. The van der Waals surface area contributed by atoms with Crippen molar-refractivity contribution in [3.05, 3.63) is 0 Å². The molecule has 0 spiro atoms. The lowest BCUT2D eigenvalue weighted by atomic mass is 10.1. The molecule has 7 nitrogen and oxygen atoms in total. The van der Waals surface area contributed by atoms with E-state index in [0.29, 0.717) is 6.42 Å². The summed E-state index contributed by atoms with van der Waals surface area (Å²) in [6, 6.07) is 0. The van der Waals surface area contributed by atoms with Gasteiger partial charge in [0.1, 0.15) is 13.2 Å². The Bertz CT molecular complexity index is 432. The molecular weight excluding hydrogens is 290 g/mol. The molecule has 112 valence electrons. The van der Waals surface area contributed by atoms with Crippen LogP contribution in [0.3, 0.4) is 0 Å². The van der Waals surface area contributed by atoms with Gasteiger partial charge in [0.25, 0.3) is 0 Å². The average molecular weight is 304 g/mol. The zero-order chi connectivity index (χ0) is 15.3. The van der Waals surface area contributed by atoms with Crippen molar-refractivity contribution in [1.82, 2.24) is 0 Å². The smallest absolute Gasteiger partial charge is 0.462 e. The maximum atomic E-state index is 12.7. The largest absolute Gasteiger partial charge is 0.465 e. The van der Waals surface area contributed by atoms with Crippen molar-refractivity contribution < 1.29 is 40.8 Å². The van der Waals surface area contributed by atoms with Crippen LogP contribution in [0, 0.1) is 5.92 Å². The number of halogens is 2. The molecule has 0 saturated carbocycles. The molecule has 0 aliphatic rings. The van der Waals surface area contributed by atoms with Crippen LogP contribution in [0.5, 0.6) is 0 Å². The molecule has 0 bridgehead atoms. The van der Waals surface area contributed by atoms with E-state index in [1.807, 2.05) is 0 Å². The predicted octanol–water partition coefficient (Wildman–Crippen LogP) is 0.600. The number of esters is 2. The molecule has 0 fully saturated rings. The summed E-state index contributed by atoms with van der Waals surface area (Å²) in [5.74, 6) is -3.43. The fourth-order valence-corrected chi connectivity index (χ4v) is 1.04. The third kappa shape index (κ3) is 5.07. The lowest BCUT2D eigenvalue weighted by molar-refractivity contribution is -0.165. The summed E-state index contributed by atoms with van der Waals surface area (Å²) in [6.07, 6.45) is 0.513. The van der Waals surface area contributed by atoms with E-state index in [0.717, 1.165) is 0 Å². The lowest BCUT2D eigenvalue weighted by Gasteiger charge is -2.12. The van der Waals surface area contributed by atoms with Crippen molar-refractivity contribution in [3.8, 4) is 0 Å². The highest BCUT2D eigenvalue weighted by atomic mass is 32.2. The van der Waals surface area contributed by atoms with Crippen LogP contribution in [0.2, 0.25) is 0 Å². The van der Waals surface area contributed by atoms with E-state index in [2.05, 4.69) is 9.47 Å². The van der Waals surface area contributed by atoms with Crippen molar-refractivity contribution in [2.75, 3.05) is 13.2 Å². The average Bonchev–Trinajstić information content (AvgIpc) is 2.31. The van der Waals surface area contributed by atoms with Crippen LogP contribution < -0.4 is 0 Å². The summed E-state index contributed by atoms with van der Waals surface area (Å²) in [5.41, 5.74) is 0. The number of carbonyl (C=O) groups excluding carboxylic acids is 2. The summed E-state index contributed by atoms with van der Waals surface area (Å²) in [7, 11) is -5.89. The minimum atomic E-state index is -5.89. The van der Waals surface area contributed by atoms with Gasteiger partial charge in [-0.3, -0.25) is 9.35 Å². The summed E-state index contributed by atoms with van der Waals surface area (Å²) < 4.78 is 62.3. The third-order valence-corrected chi connectivity index (χ3v) is 2.95. The Kier molecular flexibility index (Phi) is 6.30. The predicted molar refractivity (Wildman–Crippen MR) is 57.9 cm³/mol. The summed E-state index contributed by atoms with van der Waals surface area (Å²) >= 11 is 0. The molecule has 0 aromatic rings.